The van der Waals surface area contributed by atoms with Crippen LogP contribution in [0.4, 0.5) is 16.3 Å². The normalized spacial score (nSPS) is 13.3. The molecular weight excluding hydrogens is 312 g/mol. The van der Waals surface area contributed by atoms with Gasteiger partial charge in [-0.05, 0) is 61.8 Å². The van der Waals surface area contributed by atoms with Gasteiger partial charge in [0, 0.05) is 30.4 Å². The van der Waals surface area contributed by atoms with Crippen LogP contribution in [0, 0.1) is 12.8 Å². The number of fused-ring (bicyclic) bond motifs is 1. The second-order valence-electron chi connectivity index (χ2n) is 5.89. The number of urea groups is 1. The van der Waals surface area contributed by atoms with Crippen molar-refractivity contribution in [3.63, 3.8) is 0 Å². The quantitative estimate of drug-likeness (QED) is 0.776. The Labute approximate surface area is 142 Å². The predicted molar refractivity (Wildman–Crippen MR) is 97.6 cm³/mol. The van der Waals surface area contributed by atoms with Gasteiger partial charge in [0.05, 0.1) is 0 Å². The first-order chi connectivity index (χ1) is 10.7. The summed E-state index contributed by atoms with van der Waals surface area (Å²) in [7, 11) is 0. The molecule has 1 aliphatic carbocycles. The lowest BCUT2D eigenvalue weighted by atomic mass is 10.1. The largest absolute Gasteiger partial charge is 0.385 e. The van der Waals surface area contributed by atoms with Gasteiger partial charge >= 0.3 is 6.03 Å². The Morgan fingerprint density at radius 1 is 1.30 bits per heavy atom. The molecule has 2 amide bonds. The third kappa shape index (κ3) is 4.48. The van der Waals surface area contributed by atoms with Gasteiger partial charge in [-0.3, -0.25) is 5.32 Å². The van der Waals surface area contributed by atoms with Crippen LogP contribution in [0.2, 0.25) is 0 Å². The molecule has 23 heavy (non-hydrogen) atoms. The molecule has 1 aromatic heterocycles. The van der Waals surface area contributed by atoms with Gasteiger partial charge in [-0.25, -0.2) is 9.78 Å². The van der Waals surface area contributed by atoms with Crippen molar-refractivity contribution in [1.82, 2.24) is 10.3 Å². The third-order valence-electron chi connectivity index (χ3n) is 3.91. The summed E-state index contributed by atoms with van der Waals surface area (Å²) in [4.78, 5) is 15.9. The molecule has 0 atom stereocenters. The summed E-state index contributed by atoms with van der Waals surface area (Å²) in [6.45, 7) is 5.60. The molecule has 3 N–H and O–H groups in total. The van der Waals surface area contributed by atoms with Crippen LogP contribution in [-0.4, -0.2) is 24.1 Å². The number of nitrogens with one attached hydrogen (secondary N) is 3. The van der Waals surface area contributed by atoms with E-state index >= 15 is 0 Å². The maximum absolute atomic E-state index is 11.6. The van der Waals surface area contributed by atoms with Crippen LogP contribution in [0.25, 0.3) is 10.8 Å². The summed E-state index contributed by atoms with van der Waals surface area (Å²) < 4.78 is 0. The zero-order chi connectivity index (χ0) is 15.5. The van der Waals surface area contributed by atoms with E-state index in [1.165, 1.54) is 18.4 Å². The van der Waals surface area contributed by atoms with E-state index in [9.17, 15) is 4.79 Å². The highest BCUT2D eigenvalue weighted by molar-refractivity contribution is 5.94. The van der Waals surface area contributed by atoms with E-state index in [-0.39, 0.29) is 18.4 Å². The standard InChI is InChI=1S/C17H22N4O.ClH/c1-3-18-17(22)21-16-8-13-7-14(19-9-12-4-5-12)6-11(2)15(13)10-20-16;/h6-8,10,12,19H,3-5,9H2,1-2H3,(H2,18,20,21,22);1H. The monoisotopic (exact) mass is 334 g/mol. The molecule has 0 radical (unpaired) electrons. The molecule has 2 aromatic rings. The number of benzene rings is 1. The van der Waals surface area contributed by atoms with Crippen LogP contribution in [0.3, 0.4) is 0 Å². The van der Waals surface area contributed by atoms with Crippen LogP contribution < -0.4 is 16.0 Å². The van der Waals surface area contributed by atoms with Crippen LogP contribution in [0.15, 0.2) is 24.4 Å². The first-order valence-corrected chi connectivity index (χ1v) is 7.85. The summed E-state index contributed by atoms with van der Waals surface area (Å²) >= 11 is 0. The van der Waals surface area contributed by atoms with Gasteiger partial charge < -0.3 is 10.6 Å². The SMILES string of the molecule is CCNC(=O)Nc1cc2cc(NCC3CC3)cc(C)c2cn1.Cl. The number of carbonyl (C=O) groups excluding carboxylic acids is 1. The fourth-order valence-corrected chi connectivity index (χ4v) is 2.52. The minimum Gasteiger partial charge on any atom is -0.385 e. The first kappa shape index (κ1) is 17.3. The average molecular weight is 335 g/mol. The Hall–Kier alpha value is -2.01. The van der Waals surface area contributed by atoms with Crippen LogP contribution in [0.1, 0.15) is 25.3 Å². The van der Waals surface area contributed by atoms with E-state index in [1.54, 1.807) is 0 Å². The van der Waals surface area contributed by atoms with Gasteiger partial charge in [0.2, 0.25) is 0 Å². The highest BCUT2D eigenvalue weighted by atomic mass is 35.5. The van der Waals surface area contributed by atoms with Gasteiger partial charge in [-0.1, -0.05) is 0 Å². The second-order valence-corrected chi connectivity index (χ2v) is 5.89. The molecule has 1 fully saturated rings. The maximum atomic E-state index is 11.6. The average Bonchev–Trinajstić information content (AvgIpc) is 3.29. The lowest BCUT2D eigenvalue weighted by molar-refractivity contribution is 0.252. The summed E-state index contributed by atoms with van der Waals surface area (Å²) in [5.41, 5.74) is 2.32. The maximum Gasteiger partial charge on any atom is 0.320 e. The summed E-state index contributed by atoms with van der Waals surface area (Å²) in [6.07, 6.45) is 4.49. The van der Waals surface area contributed by atoms with E-state index in [0.29, 0.717) is 12.4 Å². The number of carbonyl (C=O) groups is 1. The zero-order valence-corrected chi connectivity index (χ0v) is 14.3. The van der Waals surface area contributed by atoms with Gasteiger partial charge in [0.25, 0.3) is 0 Å². The van der Waals surface area contributed by atoms with Crippen molar-refractivity contribution >= 4 is 40.7 Å². The number of halogens is 1. The Balaban J connectivity index is 0.00000192. The van der Waals surface area contributed by atoms with Crippen molar-refractivity contribution in [3.05, 3.63) is 30.0 Å². The molecule has 3 rings (SSSR count). The van der Waals surface area contributed by atoms with Crippen molar-refractivity contribution in [1.29, 1.82) is 0 Å². The van der Waals surface area contributed by atoms with Crippen LogP contribution in [0.5, 0.6) is 0 Å². The van der Waals surface area contributed by atoms with Gasteiger partial charge in [-0.15, -0.1) is 12.4 Å². The Kier molecular flexibility index (Phi) is 5.66. The molecule has 1 aliphatic rings. The Bertz CT molecular complexity index is 700. The van der Waals surface area contributed by atoms with E-state index in [0.717, 1.165) is 28.9 Å². The van der Waals surface area contributed by atoms with Crippen molar-refractivity contribution in [2.75, 3.05) is 23.7 Å². The highest BCUT2D eigenvalue weighted by Gasteiger charge is 2.20. The minimum atomic E-state index is -0.228. The molecule has 6 heteroatoms. The number of nitrogens with zero attached hydrogens (tertiary/aromatic N) is 1. The van der Waals surface area contributed by atoms with Crippen molar-refractivity contribution in [2.45, 2.75) is 26.7 Å². The summed E-state index contributed by atoms with van der Waals surface area (Å²) in [5, 5.41) is 11.1. The van der Waals surface area contributed by atoms with E-state index in [2.05, 4.69) is 40.0 Å². The molecule has 0 unspecified atom stereocenters. The summed E-state index contributed by atoms with van der Waals surface area (Å²) in [6, 6.07) is 5.97. The number of pyridine rings is 1. The molecule has 0 spiro atoms. The van der Waals surface area contributed by atoms with Gasteiger partial charge in [-0.2, -0.15) is 0 Å². The summed E-state index contributed by atoms with van der Waals surface area (Å²) in [5.74, 6) is 1.40. The number of amides is 2. The molecule has 1 aromatic carbocycles. The fraction of sp³-hybridized carbons (Fsp3) is 0.412. The molecule has 0 aliphatic heterocycles. The van der Waals surface area contributed by atoms with Crippen LogP contribution >= 0.6 is 12.4 Å². The second kappa shape index (κ2) is 7.51. The lowest BCUT2D eigenvalue weighted by Crippen LogP contribution is -2.28. The minimum absolute atomic E-state index is 0. The van der Waals surface area contributed by atoms with Crippen molar-refractivity contribution in [3.8, 4) is 0 Å². The molecular formula is C17H23ClN4O. The van der Waals surface area contributed by atoms with Gasteiger partial charge in [0.1, 0.15) is 5.82 Å². The molecule has 0 saturated heterocycles. The third-order valence-corrected chi connectivity index (χ3v) is 3.91. The number of anilines is 2. The van der Waals surface area contributed by atoms with Crippen molar-refractivity contribution < 1.29 is 4.79 Å². The number of hydrogen-bond donors (Lipinski definition) is 3. The molecule has 124 valence electrons. The van der Waals surface area contributed by atoms with E-state index in [4.69, 9.17) is 0 Å². The number of aromatic nitrogens is 1. The fourth-order valence-electron chi connectivity index (χ4n) is 2.52. The zero-order valence-electron chi connectivity index (χ0n) is 13.5. The molecule has 0 bridgehead atoms. The van der Waals surface area contributed by atoms with Gasteiger partial charge in [0.15, 0.2) is 0 Å². The Morgan fingerprint density at radius 2 is 2.09 bits per heavy atom. The number of rotatable bonds is 5. The predicted octanol–water partition coefficient (Wildman–Crippen LogP) is 3.93. The number of aryl methyl sites for hydroxylation is 1. The highest BCUT2D eigenvalue weighted by Crippen LogP contribution is 2.30. The van der Waals surface area contributed by atoms with E-state index in [1.807, 2.05) is 19.2 Å². The van der Waals surface area contributed by atoms with Crippen LogP contribution in [-0.2, 0) is 0 Å². The topological polar surface area (TPSA) is 66.1 Å². The smallest absolute Gasteiger partial charge is 0.320 e. The van der Waals surface area contributed by atoms with E-state index < -0.39 is 0 Å². The molecule has 1 heterocycles. The number of hydrogen-bond acceptors (Lipinski definition) is 3. The lowest BCUT2D eigenvalue weighted by Gasteiger charge is -2.11. The molecule has 5 nitrogen and oxygen atoms in total. The Morgan fingerprint density at radius 3 is 2.78 bits per heavy atom. The first-order valence-electron chi connectivity index (χ1n) is 7.85. The molecule has 1 saturated carbocycles. The van der Waals surface area contributed by atoms with Crippen molar-refractivity contribution in [2.24, 2.45) is 5.92 Å².